The zero-order chi connectivity index (χ0) is 23.0. The first-order valence-electron chi connectivity index (χ1n) is 10.2. The van der Waals surface area contributed by atoms with Gasteiger partial charge < -0.3 is 15.0 Å². The minimum absolute atomic E-state index is 0.0122. The van der Waals surface area contributed by atoms with Crippen LogP contribution < -0.4 is 10.1 Å². The molecule has 0 aliphatic carbocycles. The van der Waals surface area contributed by atoms with Crippen molar-refractivity contribution in [1.29, 1.82) is 0 Å². The van der Waals surface area contributed by atoms with Gasteiger partial charge in [0, 0.05) is 28.2 Å². The Morgan fingerprint density at radius 2 is 1.58 bits per heavy atom. The first-order valence-corrected chi connectivity index (χ1v) is 11.3. The van der Waals surface area contributed by atoms with E-state index in [1.54, 1.807) is 42.5 Å². The highest BCUT2D eigenvalue weighted by Gasteiger charge is 2.30. The quantitative estimate of drug-likeness (QED) is 0.466. The number of carbonyl (C=O) groups is 2. The van der Waals surface area contributed by atoms with Crippen LogP contribution in [-0.2, 0) is 16.1 Å². The van der Waals surface area contributed by atoms with Crippen molar-refractivity contribution in [1.82, 2.24) is 10.2 Å². The Morgan fingerprint density at radius 3 is 2.16 bits per heavy atom. The molecular formula is C23H27Cl3N2O3. The molecule has 0 aliphatic heterocycles. The summed E-state index contributed by atoms with van der Waals surface area (Å²) in [7, 11) is 0. The molecule has 1 N–H and O–H groups in total. The molecule has 5 nitrogen and oxygen atoms in total. The number of nitrogens with zero attached hydrogens (tertiary/aromatic N) is 1. The molecule has 0 saturated heterocycles. The maximum Gasteiger partial charge on any atom is 0.261 e. The Kier molecular flexibility index (Phi) is 9.94. The zero-order valence-corrected chi connectivity index (χ0v) is 20.1. The second-order valence-electron chi connectivity index (χ2n) is 7.18. The van der Waals surface area contributed by atoms with Crippen LogP contribution in [0.5, 0.6) is 5.75 Å². The fourth-order valence-corrected chi connectivity index (χ4v) is 3.71. The highest BCUT2D eigenvalue weighted by molar-refractivity contribution is 6.36. The molecule has 0 fully saturated rings. The number of hydrogen-bond donors (Lipinski definition) is 1. The van der Waals surface area contributed by atoms with Gasteiger partial charge in [0.25, 0.3) is 5.91 Å². The molecule has 2 aromatic carbocycles. The molecule has 0 bridgehead atoms. The van der Waals surface area contributed by atoms with Crippen molar-refractivity contribution in [2.45, 2.75) is 52.2 Å². The zero-order valence-electron chi connectivity index (χ0n) is 17.8. The van der Waals surface area contributed by atoms with Crippen LogP contribution in [0.15, 0.2) is 42.5 Å². The molecule has 0 spiro atoms. The molecule has 2 amide bonds. The van der Waals surface area contributed by atoms with Gasteiger partial charge in [-0.15, -0.1) is 0 Å². The van der Waals surface area contributed by atoms with Gasteiger partial charge >= 0.3 is 0 Å². The summed E-state index contributed by atoms with van der Waals surface area (Å²) in [4.78, 5) is 27.6. The third-order valence-corrected chi connectivity index (χ3v) is 5.99. The van der Waals surface area contributed by atoms with E-state index in [1.807, 2.05) is 20.8 Å². The van der Waals surface area contributed by atoms with E-state index in [-0.39, 0.29) is 31.0 Å². The molecule has 0 radical (unpaired) electrons. The number of para-hydroxylation sites is 1. The van der Waals surface area contributed by atoms with E-state index in [4.69, 9.17) is 39.5 Å². The normalized spacial score (nSPS) is 12.7. The molecule has 31 heavy (non-hydrogen) atoms. The minimum atomic E-state index is -0.705. The second-order valence-corrected chi connectivity index (χ2v) is 8.40. The number of amides is 2. The van der Waals surface area contributed by atoms with Crippen molar-refractivity contribution in [3.8, 4) is 5.75 Å². The van der Waals surface area contributed by atoms with Gasteiger partial charge in [0.15, 0.2) is 6.61 Å². The number of rotatable bonds is 10. The Hall–Kier alpha value is -1.95. The van der Waals surface area contributed by atoms with E-state index in [0.717, 1.165) is 6.42 Å². The van der Waals surface area contributed by atoms with Crippen LogP contribution in [0, 0.1) is 0 Å². The van der Waals surface area contributed by atoms with Gasteiger partial charge in [-0.3, -0.25) is 9.59 Å². The Bertz CT molecular complexity index is 887. The van der Waals surface area contributed by atoms with Crippen molar-refractivity contribution in [2.24, 2.45) is 0 Å². The Labute approximate surface area is 198 Å². The standard InChI is InChI=1S/C23H27Cl3N2O3/c1-4-15(3)27-23(30)20(5-2)28(13-16-17(24)10-8-11-18(16)25)22(29)14-31-21-12-7-6-9-19(21)26/h6-12,15,20H,4-5,13-14H2,1-3H3,(H,27,30)/t15-,20-/m0/s1. The lowest BCUT2D eigenvalue weighted by Crippen LogP contribution is -2.51. The smallest absolute Gasteiger partial charge is 0.261 e. The van der Waals surface area contributed by atoms with Gasteiger partial charge in [-0.1, -0.05) is 66.8 Å². The van der Waals surface area contributed by atoms with Crippen LogP contribution >= 0.6 is 34.8 Å². The molecule has 0 heterocycles. The van der Waals surface area contributed by atoms with Crippen LogP contribution in [0.3, 0.4) is 0 Å². The summed E-state index contributed by atoms with van der Waals surface area (Å²) < 4.78 is 5.63. The summed E-state index contributed by atoms with van der Waals surface area (Å²) in [6.07, 6.45) is 1.20. The first kappa shape index (κ1) is 25.3. The monoisotopic (exact) mass is 484 g/mol. The van der Waals surface area contributed by atoms with Crippen molar-refractivity contribution in [3.63, 3.8) is 0 Å². The lowest BCUT2D eigenvalue weighted by atomic mass is 10.1. The number of nitrogens with one attached hydrogen (secondary N) is 1. The molecule has 168 valence electrons. The summed E-state index contributed by atoms with van der Waals surface area (Å²) in [6, 6.07) is 11.3. The van der Waals surface area contributed by atoms with Crippen molar-refractivity contribution < 1.29 is 14.3 Å². The molecule has 0 saturated carbocycles. The van der Waals surface area contributed by atoms with Crippen LogP contribution in [0.2, 0.25) is 15.1 Å². The van der Waals surface area contributed by atoms with E-state index in [2.05, 4.69) is 5.32 Å². The van der Waals surface area contributed by atoms with Gasteiger partial charge in [0.1, 0.15) is 11.8 Å². The molecule has 0 aromatic heterocycles. The number of hydrogen-bond acceptors (Lipinski definition) is 3. The van der Waals surface area contributed by atoms with Crippen LogP contribution in [0.25, 0.3) is 0 Å². The molecule has 2 aromatic rings. The number of carbonyl (C=O) groups excluding carboxylic acids is 2. The van der Waals surface area contributed by atoms with E-state index < -0.39 is 6.04 Å². The minimum Gasteiger partial charge on any atom is -0.482 e. The predicted octanol–water partition coefficient (Wildman–Crippen LogP) is 5.75. The highest BCUT2D eigenvalue weighted by atomic mass is 35.5. The SMILES string of the molecule is CC[C@H](C)NC(=O)[C@H](CC)N(Cc1c(Cl)cccc1Cl)C(=O)COc1ccccc1Cl. The lowest BCUT2D eigenvalue weighted by molar-refractivity contribution is -0.143. The van der Waals surface area contributed by atoms with Gasteiger partial charge in [-0.2, -0.15) is 0 Å². The van der Waals surface area contributed by atoms with E-state index in [1.165, 1.54) is 4.90 Å². The van der Waals surface area contributed by atoms with Gasteiger partial charge in [0.2, 0.25) is 5.91 Å². The molecule has 8 heteroatoms. The molecule has 2 atom stereocenters. The second kappa shape index (κ2) is 12.2. The largest absolute Gasteiger partial charge is 0.482 e. The third-order valence-electron chi connectivity index (χ3n) is 4.96. The third kappa shape index (κ3) is 7.03. The van der Waals surface area contributed by atoms with Crippen molar-refractivity contribution >= 4 is 46.6 Å². The fourth-order valence-electron chi connectivity index (χ4n) is 3.00. The highest BCUT2D eigenvalue weighted by Crippen LogP contribution is 2.28. The number of halogens is 3. The topological polar surface area (TPSA) is 58.6 Å². The van der Waals surface area contributed by atoms with Gasteiger partial charge in [-0.05, 0) is 44.0 Å². The fraction of sp³-hybridized carbons (Fsp3) is 0.391. The molecular weight excluding hydrogens is 459 g/mol. The molecule has 0 unspecified atom stereocenters. The first-order chi connectivity index (χ1) is 14.8. The Morgan fingerprint density at radius 1 is 0.968 bits per heavy atom. The average Bonchev–Trinajstić information content (AvgIpc) is 2.74. The van der Waals surface area contributed by atoms with Gasteiger partial charge in [0.05, 0.1) is 5.02 Å². The lowest BCUT2D eigenvalue weighted by Gasteiger charge is -2.32. The predicted molar refractivity (Wildman–Crippen MR) is 126 cm³/mol. The Balaban J connectivity index is 2.30. The summed E-state index contributed by atoms with van der Waals surface area (Å²) in [5.74, 6) is -0.210. The van der Waals surface area contributed by atoms with Gasteiger partial charge in [-0.25, -0.2) is 0 Å². The number of benzene rings is 2. The number of ether oxygens (including phenoxy) is 1. The van der Waals surface area contributed by atoms with E-state index in [9.17, 15) is 9.59 Å². The van der Waals surface area contributed by atoms with Crippen molar-refractivity contribution in [3.05, 3.63) is 63.1 Å². The summed E-state index contributed by atoms with van der Waals surface area (Å²) in [6.45, 7) is 5.55. The van der Waals surface area contributed by atoms with E-state index in [0.29, 0.717) is 32.8 Å². The van der Waals surface area contributed by atoms with Crippen molar-refractivity contribution in [2.75, 3.05) is 6.61 Å². The van der Waals surface area contributed by atoms with Crippen LogP contribution in [-0.4, -0.2) is 35.4 Å². The van der Waals surface area contributed by atoms with Crippen LogP contribution in [0.1, 0.15) is 39.2 Å². The maximum atomic E-state index is 13.2. The maximum absolute atomic E-state index is 13.2. The summed E-state index contributed by atoms with van der Waals surface area (Å²) in [5.41, 5.74) is 0.576. The van der Waals surface area contributed by atoms with Crippen LogP contribution in [0.4, 0.5) is 0 Å². The average molecular weight is 486 g/mol. The molecule has 0 aliphatic rings. The summed E-state index contributed by atoms with van der Waals surface area (Å²) in [5, 5.41) is 4.20. The van der Waals surface area contributed by atoms with E-state index >= 15 is 0 Å². The summed E-state index contributed by atoms with van der Waals surface area (Å²) >= 11 is 18.8. The molecule has 2 rings (SSSR count).